The number of benzene rings is 1. The van der Waals surface area contributed by atoms with Gasteiger partial charge >= 0.3 is 6.03 Å². The second kappa shape index (κ2) is 10.2. The molecule has 6 heteroatoms. The van der Waals surface area contributed by atoms with Crippen LogP contribution in [0.25, 0.3) is 0 Å². The number of rotatable bonds is 8. The largest absolute Gasteiger partial charge is 0.494 e. The zero-order chi connectivity index (χ0) is 17.2. The fourth-order valence-corrected chi connectivity index (χ4v) is 2.56. The Balaban J connectivity index is 1.65. The summed E-state index contributed by atoms with van der Waals surface area (Å²) in [5.74, 6) is 0.865. The lowest BCUT2D eigenvalue weighted by molar-refractivity contribution is 0.0209. The average Bonchev–Trinajstić information content (AvgIpc) is 2.64. The average molecular weight is 335 g/mol. The summed E-state index contributed by atoms with van der Waals surface area (Å²) in [5.41, 5.74) is 1.05. The van der Waals surface area contributed by atoms with Crippen LogP contribution >= 0.6 is 0 Å². The van der Waals surface area contributed by atoms with E-state index in [1.54, 1.807) is 0 Å². The SMILES string of the molecule is CCCOc1ccc(CNC(=O)NCC(C)N2CCOCC2)cc1. The van der Waals surface area contributed by atoms with Crippen LogP contribution in [-0.2, 0) is 11.3 Å². The highest BCUT2D eigenvalue weighted by Crippen LogP contribution is 2.12. The molecule has 1 aliphatic rings. The van der Waals surface area contributed by atoms with Crippen LogP contribution in [0.3, 0.4) is 0 Å². The molecule has 2 rings (SSSR count). The van der Waals surface area contributed by atoms with Crippen molar-refractivity contribution in [1.29, 1.82) is 0 Å². The minimum Gasteiger partial charge on any atom is -0.494 e. The lowest BCUT2D eigenvalue weighted by Gasteiger charge is -2.32. The molecule has 134 valence electrons. The van der Waals surface area contributed by atoms with Gasteiger partial charge in [0.05, 0.1) is 19.8 Å². The van der Waals surface area contributed by atoms with Gasteiger partial charge in [0, 0.05) is 32.2 Å². The molecule has 2 N–H and O–H groups in total. The van der Waals surface area contributed by atoms with Gasteiger partial charge in [-0.1, -0.05) is 19.1 Å². The Morgan fingerprint density at radius 2 is 1.96 bits per heavy atom. The minimum atomic E-state index is -0.138. The number of ether oxygens (including phenoxy) is 2. The van der Waals surface area contributed by atoms with E-state index >= 15 is 0 Å². The van der Waals surface area contributed by atoms with E-state index in [9.17, 15) is 4.79 Å². The van der Waals surface area contributed by atoms with Gasteiger partial charge in [-0.05, 0) is 31.0 Å². The number of carbonyl (C=O) groups excluding carboxylic acids is 1. The Morgan fingerprint density at radius 3 is 2.62 bits per heavy atom. The van der Waals surface area contributed by atoms with Gasteiger partial charge in [0.1, 0.15) is 5.75 Å². The molecular weight excluding hydrogens is 306 g/mol. The summed E-state index contributed by atoms with van der Waals surface area (Å²) in [7, 11) is 0. The first kappa shape index (κ1) is 18.5. The predicted molar refractivity (Wildman–Crippen MR) is 94.3 cm³/mol. The molecule has 0 saturated carbocycles. The lowest BCUT2D eigenvalue weighted by Crippen LogP contribution is -2.48. The van der Waals surface area contributed by atoms with E-state index in [4.69, 9.17) is 9.47 Å². The van der Waals surface area contributed by atoms with Crippen molar-refractivity contribution in [2.24, 2.45) is 0 Å². The number of nitrogens with zero attached hydrogens (tertiary/aromatic N) is 1. The third-order valence-electron chi connectivity index (χ3n) is 4.08. The number of hydrogen-bond donors (Lipinski definition) is 2. The molecule has 1 fully saturated rings. The van der Waals surface area contributed by atoms with Crippen molar-refractivity contribution in [1.82, 2.24) is 15.5 Å². The van der Waals surface area contributed by atoms with E-state index in [2.05, 4.69) is 29.4 Å². The second-order valence-corrected chi connectivity index (χ2v) is 6.05. The van der Waals surface area contributed by atoms with Crippen LogP contribution in [0.4, 0.5) is 4.79 Å². The third-order valence-corrected chi connectivity index (χ3v) is 4.08. The molecule has 0 aliphatic carbocycles. The van der Waals surface area contributed by atoms with Gasteiger partial charge in [0.2, 0.25) is 0 Å². The van der Waals surface area contributed by atoms with Crippen LogP contribution in [0.2, 0.25) is 0 Å². The zero-order valence-electron chi connectivity index (χ0n) is 14.7. The molecule has 0 aromatic heterocycles. The first-order valence-corrected chi connectivity index (χ1v) is 8.74. The maximum absolute atomic E-state index is 11.9. The smallest absolute Gasteiger partial charge is 0.315 e. The maximum atomic E-state index is 11.9. The first-order chi connectivity index (χ1) is 11.7. The summed E-state index contributed by atoms with van der Waals surface area (Å²) in [4.78, 5) is 14.3. The van der Waals surface area contributed by atoms with Crippen molar-refractivity contribution in [2.45, 2.75) is 32.9 Å². The van der Waals surface area contributed by atoms with Gasteiger partial charge in [-0.25, -0.2) is 4.79 Å². The van der Waals surface area contributed by atoms with E-state index in [-0.39, 0.29) is 6.03 Å². The molecule has 1 unspecified atom stereocenters. The molecule has 1 saturated heterocycles. The first-order valence-electron chi connectivity index (χ1n) is 8.74. The van der Waals surface area contributed by atoms with Gasteiger partial charge < -0.3 is 20.1 Å². The quantitative estimate of drug-likeness (QED) is 0.763. The molecule has 0 bridgehead atoms. The van der Waals surface area contributed by atoms with Crippen LogP contribution in [0, 0.1) is 0 Å². The van der Waals surface area contributed by atoms with E-state index in [0.29, 0.717) is 19.1 Å². The van der Waals surface area contributed by atoms with Crippen molar-refractivity contribution in [3.63, 3.8) is 0 Å². The maximum Gasteiger partial charge on any atom is 0.315 e. The Labute approximate surface area is 144 Å². The molecule has 1 heterocycles. The molecule has 1 aliphatic heterocycles. The van der Waals surface area contributed by atoms with Crippen molar-refractivity contribution in [3.05, 3.63) is 29.8 Å². The van der Waals surface area contributed by atoms with E-state index in [1.807, 2.05) is 24.3 Å². The van der Waals surface area contributed by atoms with E-state index in [0.717, 1.165) is 50.6 Å². The molecule has 0 spiro atoms. The highest BCUT2D eigenvalue weighted by molar-refractivity contribution is 5.73. The van der Waals surface area contributed by atoms with E-state index < -0.39 is 0 Å². The summed E-state index contributed by atoms with van der Waals surface area (Å²) in [6, 6.07) is 8.00. The Hall–Kier alpha value is -1.79. The highest BCUT2D eigenvalue weighted by atomic mass is 16.5. The zero-order valence-corrected chi connectivity index (χ0v) is 14.7. The number of morpholine rings is 1. The third kappa shape index (κ3) is 6.37. The predicted octanol–water partition coefficient (Wildman–Crippen LogP) is 2.00. The Bertz CT molecular complexity index is 487. The summed E-state index contributed by atoms with van der Waals surface area (Å²) >= 11 is 0. The van der Waals surface area contributed by atoms with Crippen LogP contribution in [0.15, 0.2) is 24.3 Å². The minimum absolute atomic E-state index is 0.138. The molecule has 24 heavy (non-hydrogen) atoms. The topological polar surface area (TPSA) is 62.8 Å². The molecule has 6 nitrogen and oxygen atoms in total. The van der Waals surface area contributed by atoms with E-state index in [1.165, 1.54) is 0 Å². The summed E-state index contributed by atoms with van der Waals surface area (Å²) in [6.07, 6.45) is 0.992. The number of hydrogen-bond acceptors (Lipinski definition) is 4. The van der Waals surface area contributed by atoms with Gasteiger partial charge in [-0.3, -0.25) is 4.90 Å². The molecule has 1 aromatic rings. The van der Waals surface area contributed by atoms with Crippen molar-refractivity contribution >= 4 is 6.03 Å². The van der Waals surface area contributed by atoms with Gasteiger partial charge in [-0.2, -0.15) is 0 Å². The Morgan fingerprint density at radius 1 is 1.25 bits per heavy atom. The lowest BCUT2D eigenvalue weighted by atomic mass is 10.2. The molecular formula is C18H29N3O3. The number of nitrogens with one attached hydrogen (secondary N) is 2. The highest BCUT2D eigenvalue weighted by Gasteiger charge is 2.17. The van der Waals surface area contributed by atoms with Gasteiger partial charge in [-0.15, -0.1) is 0 Å². The van der Waals surface area contributed by atoms with Gasteiger partial charge in [0.25, 0.3) is 0 Å². The fourth-order valence-electron chi connectivity index (χ4n) is 2.56. The summed E-state index contributed by atoms with van der Waals surface area (Å²) in [6.45, 7) is 9.47. The Kier molecular flexibility index (Phi) is 7.85. The van der Waals surface area contributed by atoms with Gasteiger partial charge in [0.15, 0.2) is 0 Å². The molecule has 1 atom stereocenters. The van der Waals surface area contributed by atoms with Crippen LogP contribution in [-0.4, -0.2) is 56.4 Å². The van der Waals surface area contributed by atoms with Crippen LogP contribution in [0.1, 0.15) is 25.8 Å². The summed E-state index contributed by atoms with van der Waals surface area (Å²) < 4.78 is 10.9. The van der Waals surface area contributed by atoms with Crippen LogP contribution in [0.5, 0.6) is 5.75 Å². The summed E-state index contributed by atoms with van der Waals surface area (Å²) in [5, 5.41) is 5.82. The standard InChI is InChI=1S/C18H29N3O3/c1-3-10-24-17-6-4-16(5-7-17)14-20-18(22)19-13-15(2)21-8-11-23-12-9-21/h4-7,15H,3,8-14H2,1-2H3,(H2,19,20,22). The van der Waals surface area contributed by atoms with Crippen molar-refractivity contribution in [3.8, 4) is 5.75 Å². The van der Waals surface area contributed by atoms with Crippen LogP contribution < -0.4 is 15.4 Å². The fraction of sp³-hybridized carbons (Fsp3) is 0.611. The van der Waals surface area contributed by atoms with Crippen molar-refractivity contribution in [2.75, 3.05) is 39.5 Å². The number of carbonyl (C=O) groups is 1. The monoisotopic (exact) mass is 335 g/mol. The molecule has 0 radical (unpaired) electrons. The molecule has 1 aromatic carbocycles. The molecule has 2 amide bonds. The number of urea groups is 1. The second-order valence-electron chi connectivity index (χ2n) is 6.05. The number of amides is 2. The van der Waals surface area contributed by atoms with Crippen molar-refractivity contribution < 1.29 is 14.3 Å². The normalized spacial score (nSPS) is 16.4.